The van der Waals surface area contributed by atoms with Crippen LogP contribution < -0.4 is 11.1 Å². The van der Waals surface area contributed by atoms with Crippen LogP contribution in [0.4, 0.5) is 18.9 Å². The monoisotopic (exact) mass is 340 g/mol. The molecule has 2 atom stereocenters. The van der Waals surface area contributed by atoms with Crippen LogP contribution in [0.25, 0.3) is 11.4 Å². The van der Waals surface area contributed by atoms with Gasteiger partial charge in [-0.25, -0.2) is 0 Å². The molecule has 0 saturated heterocycles. The van der Waals surface area contributed by atoms with Crippen LogP contribution in [0.3, 0.4) is 0 Å². The van der Waals surface area contributed by atoms with Crippen LogP contribution in [-0.2, 0) is 11.0 Å². The number of nitrogens with two attached hydrogens (primary N) is 1. The Labute approximate surface area is 135 Å². The maximum Gasteiger partial charge on any atom is 0.471 e. The minimum Gasteiger partial charge on any atom is -0.329 e. The molecule has 0 spiro atoms. The summed E-state index contributed by atoms with van der Waals surface area (Å²) in [5, 5.41) is 6.08. The highest BCUT2D eigenvalue weighted by Gasteiger charge is 2.38. The van der Waals surface area contributed by atoms with Crippen molar-refractivity contribution in [3.8, 4) is 11.4 Å². The summed E-state index contributed by atoms with van der Waals surface area (Å²) >= 11 is 0. The predicted octanol–water partition coefficient (Wildman–Crippen LogP) is 2.82. The van der Waals surface area contributed by atoms with Crippen molar-refractivity contribution in [2.24, 2.45) is 11.7 Å². The second-order valence-electron chi connectivity index (χ2n) is 5.76. The Hall–Kier alpha value is -2.42. The van der Waals surface area contributed by atoms with E-state index in [4.69, 9.17) is 5.73 Å². The highest BCUT2D eigenvalue weighted by atomic mass is 19.4. The average molecular weight is 340 g/mol. The number of aromatic nitrogens is 2. The molecule has 2 aromatic rings. The second kappa shape index (κ2) is 6.23. The molecule has 1 heterocycles. The lowest BCUT2D eigenvalue weighted by Crippen LogP contribution is -2.23. The summed E-state index contributed by atoms with van der Waals surface area (Å²) in [4.78, 5) is 15.4. The van der Waals surface area contributed by atoms with E-state index in [2.05, 4.69) is 20.0 Å². The van der Waals surface area contributed by atoms with Gasteiger partial charge in [-0.2, -0.15) is 18.2 Å². The third kappa shape index (κ3) is 3.56. The van der Waals surface area contributed by atoms with Crippen molar-refractivity contribution in [2.45, 2.75) is 31.5 Å². The van der Waals surface area contributed by atoms with Gasteiger partial charge in [0.15, 0.2) is 0 Å². The van der Waals surface area contributed by atoms with Gasteiger partial charge in [-0.15, -0.1) is 0 Å². The van der Waals surface area contributed by atoms with Crippen LogP contribution in [0.15, 0.2) is 28.8 Å². The molecule has 24 heavy (non-hydrogen) atoms. The van der Waals surface area contributed by atoms with Gasteiger partial charge in [-0.1, -0.05) is 5.16 Å². The van der Waals surface area contributed by atoms with Gasteiger partial charge in [0.05, 0.1) is 0 Å². The smallest absolute Gasteiger partial charge is 0.329 e. The topological polar surface area (TPSA) is 94.0 Å². The summed E-state index contributed by atoms with van der Waals surface area (Å²) < 4.78 is 41.5. The van der Waals surface area contributed by atoms with Gasteiger partial charge < -0.3 is 15.6 Å². The van der Waals surface area contributed by atoms with Crippen LogP contribution in [0.5, 0.6) is 0 Å². The van der Waals surface area contributed by atoms with Gasteiger partial charge in [-0.3, -0.25) is 4.79 Å². The highest BCUT2D eigenvalue weighted by Crippen LogP contribution is 2.30. The van der Waals surface area contributed by atoms with Crippen molar-refractivity contribution >= 4 is 11.6 Å². The van der Waals surface area contributed by atoms with E-state index in [0.717, 1.165) is 12.8 Å². The molecule has 1 aromatic carbocycles. The summed E-state index contributed by atoms with van der Waals surface area (Å²) in [5.74, 6) is -1.77. The van der Waals surface area contributed by atoms with Crippen LogP contribution in [-0.4, -0.2) is 22.1 Å². The maximum atomic E-state index is 12.4. The van der Waals surface area contributed by atoms with Crippen LogP contribution >= 0.6 is 0 Å². The number of anilines is 1. The third-order valence-corrected chi connectivity index (χ3v) is 3.92. The number of hydrogen-bond acceptors (Lipinski definition) is 5. The van der Waals surface area contributed by atoms with Gasteiger partial charge in [0.1, 0.15) is 0 Å². The first-order valence-corrected chi connectivity index (χ1v) is 7.40. The zero-order chi connectivity index (χ0) is 17.3. The molecule has 9 heteroatoms. The van der Waals surface area contributed by atoms with Crippen molar-refractivity contribution in [2.75, 3.05) is 5.32 Å². The number of carbonyl (C=O) groups is 1. The van der Waals surface area contributed by atoms with Crippen molar-refractivity contribution in [1.29, 1.82) is 0 Å². The Kier molecular flexibility index (Phi) is 4.27. The third-order valence-electron chi connectivity index (χ3n) is 3.92. The molecule has 3 N–H and O–H groups in total. The van der Waals surface area contributed by atoms with Gasteiger partial charge in [-0.05, 0) is 43.5 Å². The summed E-state index contributed by atoms with van der Waals surface area (Å²) in [5.41, 5.74) is 6.69. The molecular formula is C15H15F3N4O2. The molecule has 6 nitrogen and oxygen atoms in total. The Morgan fingerprint density at radius 1 is 1.25 bits per heavy atom. The van der Waals surface area contributed by atoms with E-state index >= 15 is 0 Å². The lowest BCUT2D eigenvalue weighted by Gasteiger charge is -2.10. The highest BCUT2D eigenvalue weighted by molar-refractivity contribution is 5.93. The molecule has 1 aromatic heterocycles. The summed E-state index contributed by atoms with van der Waals surface area (Å²) in [7, 11) is 0. The lowest BCUT2D eigenvalue weighted by molar-refractivity contribution is -0.159. The van der Waals surface area contributed by atoms with Crippen molar-refractivity contribution in [3.05, 3.63) is 30.2 Å². The fourth-order valence-electron chi connectivity index (χ4n) is 2.66. The van der Waals surface area contributed by atoms with E-state index in [1.54, 1.807) is 12.1 Å². The Bertz CT molecular complexity index is 727. The van der Waals surface area contributed by atoms with Gasteiger partial charge >= 0.3 is 12.1 Å². The second-order valence-corrected chi connectivity index (χ2v) is 5.76. The molecule has 1 amide bonds. The maximum absolute atomic E-state index is 12.4. The van der Waals surface area contributed by atoms with E-state index in [0.29, 0.717) is 17.7 Å². The molecule has 0 aliphatic heterocycles. The Morgan fingerprint density at radius 3 is 2.50 bits per heavy atom. The summed E-state index contributed by atoms with van der Waals surface area (Å²) in [6.45, 7) is 0. The summed E-state index contributed by atoms with van der Waals surface area (Å²) in [6.07, 6.45) is -2.43. The summed E-state index contributed by atoms with van der Waals surface area (Å²) in [6, 6.07) is 6.24. The molecule has 1 saturated carbocycles. The fourth-order valence-corrected chi connectivity index (χ4v) is 2.66. The number of amides is 1. The van der Waals surface area contributed by atoms with E-state index in [1.807, 2.05) is 0 Å². The number of alkyl halides is 3. The number of halogens is 3. The number of carbonyl (C=O) groups excluding carboxylic acids is 1. The van der Waals surface area contributed by atoms with E-state index < -0.39 is 12.1 Å². The Balaban J connectivity index is 1.67. The molecule has 1 aliphatic carbocycles. The van der Waals surface area contributed by atoms with E-state index in [-0.39, 0.29) is 23.7 Å². The molecule has 128 valence electrons. The number of benzene rings is 1. The number of hydrogen-bond donors (Lipinski definition) is 2. The van der Waals surface area contributed by atoms with Crippen LogP contribution in [0, 0.1) is 5.92 Å². The molecule has 3 rings (SSSR count). The molecule has 0 bridgehead atoms. The normalized spacial score (nSPS) is 21.0. The van der Waals surface area contributed by atoms with Gasteiger partial charge in [0, 0.05) is 23.2 Å². The van der Waals surface area contributed by atoms with Crippen molar-refractivity contribution < 1.29 is 22.5 Å². The zero-order valence-electron chi connectivity index (χ0n) is 12.5. The van der Waals surface area contributed by atoms with Crippen molar-refractivity contribution in [1.82, 2.24) is 10.1 Å². The number of rotatable bonds is 3. The van der Waals surface area contributed by atoms with Gasteiger partial charge in [0.2, 0.25) is 11.7 Å². The van der Waals surface area contributed by atoms with E-state index in [1.165, 1.54) is 12.1 Å². The van der Waals surface area contributed by atoms with E-state index in [9.17, 15) is 18.0 Å². The fraction of sp³-hybridized carbons (Fsp3) is 0.400. The molecule has 1 aliphatic rings. The minimum absolute atomic E-state index is 0.0594. The van der Waals surface area contributed by atoms with Crippen LogP contribution in [0.2, 0.25) is 0 Å². The molecule has 2 unspecified atom stereocenters. The predicted molar refractivity (Wildman–Crippen MR) is 78.7 cm³/mol. The van der Waals surface area contributed by atoms with Crippen molar-refractivity contribution in [3.63, 3.8) is 0 Å². The zero-order valence-corrected chi connectivity index (χ0v) is 12.5. The number of nitrogens with one attached hydrogen (secondary N) is 1. The lowest BCUT2D eigenvalue weighted by atomic mass is 10.1. The first kappa shape index (κ1) is 16.4. The minimum atomic E-state index is -4.68. The Morgan fingerprint density at radius 2 is 1.96 bits per heavy atom. The molecule has 0 radical (unpaired) electrons. The van der Waals surface area contributed by atoms with Gasteiger partial charge in [0.25, 0.3) is 0 Å². The first-order chi connectivity index (χ1) is 11.3. The molecule has 1 fully saturated rings. The molecular weight excluding hydrogens is 325 g/mol. The number of nitrogens with zero attached hydrogens (tertiary/aromatic N) is 2. The first-order valence-electron chi connectivity index (χ1n) is 7.40. The van der Waals surface area contributed by atoms with Crippen LogP contribution in [0.1, 0.15) is 25.2 Å². The average Bonchev–Trinajstić information content (AvgIpc) is 3.16. The quantitative estimate of drug-likeness (QED) is 0.896. The standard InChI is InChI=1S/C15H15F3N4O2/c16-15(17,18)14-21-12(22-24-14)8-2-5-11(6-3-8)20-13(23)9-1-4-10(19)7-9/h2-3,5-6,9-10H,1,4,7,19H2,(H,20,23). The SMILES string of the molecule is NC1CCC(C(=O)Nc2ccc(-c3noc(C(F)(F)F)n3)cc2)C1. The largest absolute Gasteiger partial charge is 0.471 e.